The maximum absolute atomic E-state index is 12.0. The number of H-pyrrole nitrogens is 1. The summed E-state index contributed by atoms with van der Waals surface area (Å²) in [5, 5.41) is 2.97. The molecule has 0 saturated heterocycles. The van der Waals surface area contributed by atoms with Crippen LogP contribution >= 0.6 is 0 Å². The number of aromatic nitrogens is 4. The maximum atomic E-state index is 12.0. The number of rotatable bonds is 1. The van der Waals surface area contributed by atoms with Crippen LogP contribution < -0.4 is 5.56 Å². The summed E-state index contributed by atoms with van der Waals surface area (Å²) in [5.74, 6) is 1.32. The Bertz CT molecular complexity index is 581. The zero-order valence-electron chi connectivity index (χ0n) is 8.58. The smallest absolute Gasteiger partial charge is 0.275 e. The lowest BCUT2D eigenvalue weighted by Gasteiger charge is -1.96. The molecule has 2 aromatic rings. The van der Waals surface area contributed by atoms with E-state index >= 15 is 0 Å². The maximum Gasteiger partial charge on any atom is 0.277 e. The Kier molecular flexibility index (Phi) is 1.68. The van der Waals surface area contributed by atoms with E-state index in [2.05, 4.69) is 15.1 Å². The Morgan fingerprint density at radius 3 is 3.07 bits per heavy atom. The van der Waals surface area contributed by atoms with Crippen LogP contribution in [-0.2, 0) is 19.3 Å². The summed E-state index contributed by atoms with van der Waals surface area (Å²) in [7, 11) is 0. The van der Waals surface area contributed by atoms with Gasteiger partial charge in [0.05, 0.1) is 5.69 Å². The van der Waals surface area contributed by atoms with Crippen LogP contribution in [0.5, 0.6) is 0 Å². The van der Waals surface area contributed by atoms with E-state index in [1.807, 2.05) is 6.92 Å². The van der Waals surface area contributed by atoms with Gasteiger partial charge in [-0.2, -0.15) is 9.50 Å². The molecule has 3 rings (SSSR count). The van der Waals surface area contributed by atoms with E-state index in [1.54, 1.807) is 0 Å². The molecule has 2 aromatic heterocycles. The van der Waals surface area contributed by atoms with Gasteiger partial charge in [0.25, 0.3) is 11.3 Å². The van der Waals surface area contributed by atoms with Crippen molar-refractivity contribution in [1.82, 2.24) is 19.6 Å². The number of nitrogens with zero attached hydrogens (tertiary/aromatic N) is 3. The summed E-state index contributed by atoms with van der Waals surface area (Å²) in [5.41, 5.74) is 1.83. The molecule has 1 aliphatic rings. The van der Waals surface area contributed by atoms with Crippen molar-refractivity contribution in [2.75, 3.05) is 0 Å². The first kappa shape index (κ1) is 8.64. The number of hydrogen-bond acceptors (Lipinski definition) is 3. The fraction of sp³-hybridized carbons (Fsp3) is 0.500. The molecular weight excluding hydrogens is 192 g/mol. The third kappa shape index (κ3) is 1.12. The zero-order chi connectivity index (χ0) is 10.4. The summed E-state index contributed by atoms with van der Waals surface area (Å²) < 4.78 is 1.46. The lowest BCUT2D eigenvalue weighted by Crippen LogP contribution is -2.20. The molecule has 15 heavy (non-hydrogen) atoms. The minimum atomic E-state index is 0.0275. The molecule has 0 unspecified atom stereocenters. The van der Waals surface area contributed by atoms with Crippen molar-refractivity contribution in [3.63, 3.8) is 0 Å². The quantitative estimate of drug-likeness (QED) is 0.734. The highest BCUT2D eigenvalue weighted by Crippen LogP contribution is 2.16. The molecule has 78 valence electrons. The first-order valence-electron chi connectivity index (χ1n) is 5.29. The Morgan fingerprint density at radius 2 is 2.27 bits per heavy atom. The molecule has 1 N–H and O–H groups in total. The third-order valence-corrected chi connectivity index (χ3v) is 2.90. The molecule has 5 nitrogen and oxygen atoms in total. The average molecular weight is 204 g/mol. The highest BCUT2D eigenvalue weighted by Gasteiger charge is 2.19. The topological polar surface area (TPSA) is 63.1 Å². The van der Waals surface area contributed by atoms with Gasteiger partial charge < -0.3 is 0 Å². The second-order valence-corrected chi connectivity index (χ2v) is 3.86. The number of hydrogen-bond donors (Lipinski definition) is 1. The molecule has 0 fully saturated rings. The standard InChI is InChI=1S/C10H12N4O/c1-2-8-12-10-11-7-5-3-4-6(7)9(15)14(10)13-8/h2-5H2,1H3,(H,11,12,13). The minimum absolute atomic E-state index is 0.0275. The summed E-state index contributed by atoms with van der Waals surface area (Å²) >= 11 is 0. The first-order chi connectivity index (χ1) is 7.29. The van der Waals surface area contributed by atoms with E-state index in [0.717, 1.165) is 42.8 Å². The second-order valence-electron chi connectivity index (χ2n) is 3.86. The van der Waals surface area contributed by atoms with Crippen molar-refractivity contribution >= 4 is 5.78 Å². The van der Waals surface area contributed by atoms with Gasteiger partial charge in [0.15, 0.2) is 0 Å². The van der Waals surface area contributed by atoms with Gasteiger partial charge in [-0.3, -0.25) is 9.89 Å². The van der Waals surface area contributed by atoms with E-state index < -0.39 is 0 Å². The molecule has 0 aromatic carbocycles. The molecular formula is C10H12N4O. The van der Waals surface area contributed by atoms with Crippen LogP contribution in [0.25, 0.3) is 5.78 Å². The molecule has 0 amide bonds. The monoisotopic (exact) mass is 204 g/mol. The van der Waals surface area contributed by atoms with E-state index in [9.17, 15) is 4.79 Å². The number of aromatic amines is 1. The number of nitrogens with one attached hydrogen (secondary N) is 1. The highest BCUT2D eigenvalue weighted by molar-refractivity contribution is 5.34. The molecule has 5 heteroatoms. The Morgan fingerprint density at radius 1 is 1.40 bits per heavy atom. The Balaban J connectivity index is 2.38. The van der Waals surface area contributed by atoms with Gasteiger partial charge in [-0.15, -0.1) is 0 Å². The van der Waals surface area contributed by atoms with Crippen LogP contribution in [0.4, 0.5) is 0 Å². The molecule has 0 saturated carbocycles. The van der Waals surface area contributed by atoms with Gasteiger partial charge >= 0.3 is 0 Å². The third-order valence-electron chi connectivity index (χ3n) is 2.90. The van der Waals surface area contributed by atoms with Crippen molar-refractivity contribution in [3.05, 3.63) is 27.4 Å². The lowest BCUT2D eigenvalue weighted by molar-refractivity contribution is 0.837. The van der Waals surface area contributed by atoms with Crippen LogP contribution in [0.15, 0.2) is 4.79 Å². The van der Waals surface area contributed by atoms with E-state index in [0.29, 0.717) is 5.78 Å². The van der Waals surface area contributed by atoms with Crippen molar-refractivity contribution in [3.8, 4) is 0 Å². The predicted molar refractivity (Wildman–Crippen MR) is 55.0 cm³/mol. The van der Waals surface area contributed by atoms with Gasteiger partial charge in [0.2, 0.25) is 0 Å². The first-order valence-corrected chi connectivity index (χ1v) is 5.29. The van der Waals surface area contributed by atoms with Crippen LogP contribution in [0.2, 0.25) is 0 Å². The normalized spacial score (nSPS) is 14.7. The number of fused-ring (bicyclic) bond motifs is 2. The molecule has 0 atom stereocenters. The van der Waals surface area contributed by atoms with Gasteiger partial charge in [0.1, 0.15) is 5.82 Å². The minimum Gasteiger partial charge on any atom is -0.275 e. The molecule has 0 aliphatic heterocycles. The van der Waals surface area contributed by atoms with Gasteiger partial charge in [0, 0.05) is 12.0 Å². The summed E-state index contributed by atoms with van der Waals surface area (Å²) in [4.78, 5) is 20.7. The molecule has 2 heterocycles. The van der Waals surface area contributed by atoms with Crippen molar-refractivity contribution in [2.24, 2.45) is 0 Å². The van der Waals surface area contributed by atoms with Crippen molar-refractivity contribution in [2.45, 2.75) is 32.6 Å². The molecule has 0 radical (unpaired) electrons. The largest absolute Gasteiger partial charge is 0.277 e. The summed E-state index contributed by atoms with van der Waals surface area (Å²) in [6.45, 7) is 2.00. The van der Waals surface area contributed by atoms with Crippen LogP contribution in [0, 0.1) is 0 Å². The highest BCUT2D eigenvalue weighted by atomic mass is 16.1. The van der Waals surface area contributed by atoms with E-state index in [4.69, 9.17) is 0 Å². The number of aryl methyl sites for hydroxylation is 2. The fourth-order valence-electron chi connectivity index (χ4n) is 2.09. The van der Waals surface area contributed by atoms with Crippen molar-refractivity contribution < 1.29 is 0 Å². The van der Waals surface area contributed by atoms with E-state index in [1.165, 1.54) is 4.52 Å². The van der Waals surface area contributed by atoms with Gasteiger partial charge in [-0.25, -0.2) is 4.98 Å². The van der Waals surface area contributed by atoms with Crippen LogP contribution in [-0.4, -0.2) is 19.6 Å². The van der Waals surface area contributed by atoms with Crippen LogP contribution in [0.3, 0.4) is 0 Å². The molecule has 0 bridgehead atoms. The molecule has 0 spiro atoms. The molecule has 1 aliphatic carbocycles. The Hall–Kier alpha value is -1.65. The second kappa shape index (κ2) is 2.92. The predicted octanol–water partition coefficient (Wildman–Crippen LogP) is 0.469. The average Bonchev–Trinajstić information content (AvgIpc) is 2.83. The summed E-state index contributed by atoms with van der Waals surface area (Å²) in [6.07, 6.45) is 3.58. The zero-order valence-corrected chi connectivity index (χ0v) is 8.58. The Labute approximate surface area is 86.2 Å². The summed E-state index contributed by atoms with van der Waals surface area (Å²) in [6, 6.07) is 0. The van der Waals surface area contributed by atoms with Gasteiger partial charge in [-0.1, -0.05) is 6.92 Å². The van der Waals surface area contributed by atoms with E-state index in [-0.39, 0.29) is 5.56 Å². The van der Waals surface area contributed by atoms with Crippen LogP contribution in [0.1, 0.15) is 30.4 Å². The van der Waals surface area contributed by atoms with Crippen molar-refractivity contribution in [1.29, 1.82) is 0 Å². The fourth-order valence-corrected chi connectivity index (χ4v) is 2.09. The SMILES string of the molecule is CCc1nc2nc3c(c(=O)n2[nH]1)CCC3. The van der Waals surface area contributed by atoms with Gasteiger partial charge in [-0.05, 0) is 19.3 Å². The lowest BCUT2D eigenvalue weighted by atomic mass is 10.3.